The Labute approximate surface area is 115 Å². The number of aromatic amines is 1. The largest absolute Gasteiger partial charge is 0.332 e. The van der Waals surface area contributed by atoms with Crippen molar-refractivity contribution in [1.29, 1.82) is 0 Å². The Morgan fingerprint density at radius 1 is 1.58 bits per heavy atom. The maximum Gasteiger partial charge on any atom is 0.318 e. The number of carbonyl (C=O) groups excluding carboxylic acids is 1. The first-order chi connectivity index (χ1) is 9.34. The van der Waals surface area contributed by atoms with Crippen molar-refractivity contribution in [3.05, 3.63) is 40.3 Å². The first kappa shape index (κ1) is 12.2. The van der Waals surface area contributed by atoms with Gasteiger partial charge in [0.15, 0.2) is 0 Å². The molecule has 1 fully saturated rings. The molecule has 5 nitrogen and oxygen atoms in total. The highest BCUT2D eigenvalue weighted by Crippen LogP contribution is 2.34. The summed E-state index contributed by atoms with van der Waals surface area (Å²) in [6.45, 7) is 1.32. The highest BCUT2D eigenvalue weighted by atomic mass is 32.1. The Kier molecular flexibility index (Phi) is 3.50. The van der Waals surface area contributed by atoms with Crippen molar-refractivity contribution in [2.45, 2.75) is 25.4 Å². The molecule has 100 valence electrons. The smallest absolute Gasteiger partial charge is 0.318 e. The van der Waals surface area contributed by atoms with E-state index in [4.69, 9.17) is 0 Å². The van der Waals surface area contributed by atoms with Crippen molar-refractivity contribution >= 4 is 17.4 Å². The lowest BCUT2D eigenvalue weighted by Crippen LogP contribution is -2.39. The second-order valence-electron chi connectivity index (χ2n) is 4.61. The average Bonchev–Trinajstić information content (AvgIpc) is 3.14. The molecule has 3 heterocycles. The van der Waals surface area contributed by atoms with E-state index in [9.17, 15) is 4.79 Å². The molecule has 0 bridgehead atoms. The van der Waals surface area contributed by atoms with Crippen LogP contribution < -0.4 is 5.32 Å². The number of carbonyl (C=O) groups is 1. The molecule has 2 aromatic heterocycles. The number of thiophene rings is 1. The second kappa shape index (κ2) is 5.44. The van der Waals surface area contributed by atoms with Crippen LogP contribution in [-0.4, -0.2) is 27.7 Å². The molecule has 6 heteroatoms. The third-order valence-corrected chi connectivity index (χ3v) is 4.35. The monoisotopic (exact) mass is 276 g/mol. The molecule has 1 atom stereocenters. The van der Waals surface area contributed by atoms with E-state index in [1.54, 1.807) is 17.5 Å². The zero-order chi connectivity index (χ0) is 13.1. The van der Waals surface area contributed by atoms with Crippen molar-refractivity contribution in [1.82, 2.24) is 20.4 Å². The molecule has 2 N–H and O–H groups in total. The topological polar surface area (TPSA) is 61.0 Å². The van der Waals surface area contributed by atoms with Gasteiger partial charge in [-0.1, -0.05) is 6.07 Å². The predicted molar refractivity (Wildman–Crippen MR) is 73.8 cm³/mol. The van der Waals surface area contributed by atoms with Crippen molar-refractivity contribution in [3.63, 3.8) is 0 Å². The van der Waals surface area contributed by atoms with Crippen LogP contribution in [0.15, 0.2) is 29.8 Å². The number of H-pyrrole nitrogens is 1. The third-order valence-electron chi connectivity index (χ3n) is 3.37. The molecule has 0 radical (unpaired) electrons. The lowest BCUT2D eigenvalue weighted by Gasteiger charge is -2.24. The summed E-state index contributed by atoms with van der Waals surface area (Å²) in [5, 5.41) is 11.7. The molecule has 1 aliphatic rings. The van der Waals surface area contributed by atoms with Gasteiger partial charge in [0.05, 0.1) is 18.3 Å². The summed E-state index contributed by atoms with van der Waals surface area (Å²) in [6.07, 6.45) is 3.81. The van der Waals surface area contributed by atoms with Crippen LogP contribution in [0.1, 0.15) is 29.5 Å². The molecular formula is C13H16N4OS. The lowest BCUT2D eigenvalue weighted by molar-refractivity contribution is 0.193. The van der Waals surface area contributed by atoms with Crippen molar-refractivity contribution in [2.75, 3.05) is 6.54 Å². The van der Waals surface area contributed by atoms with Crippen LogP contribution >= 0.6 is 11.3 Å². The molecule has 1 saturated heterocycles. The number of amides is 2. The van der Waals surface area contributed by atoms with E-state index in [-0.39, 0.29) is 12.1 Å². The second-order valence-corrected chi connectivity index (χ2v) is 5.59. The van der Waals surface area contributed by atoms with Crippen LogP contribution in [0.5, 0.6) is 0 Å². The molecule has 0 aliphatic carbocycles. The molecule has 2 aromatic rings. The van der Waals surface area contributed by atoms with Crippen molar-refractivity contribution in [2.24, 2.45) is 0 Å². The highest BCUT2D eigenvalue weighted by Gasteiger charge is 2.30. The standard InChI is InChI=1S/C13H16N4OS/c18-13(14-9-10-5-6-15-16-10)17-7-1-3-11(17)12-4-2-8-19-12/h2,4-6,8,11H,1,3,7,9H2,(H,14,18)(H,15,16). The lowest BCUT2D eigenvalue weighted by atomic mass is 10.2. The molecule has 0 aromatic carbocycles. The number of nitrogens with zero attached hydrogens (tertiary/aromatic N) is 2. The molecule has 2 amide bonds. The van der Waals surface area contributed by atoms with Crippen LogP contribution in [0.3, 0.4) is 0 Å². The fraction of sp³-hybridized carbons (Fsp3) is 0.385. The number of rotatable bonds is 3. The maximum atomic E-state index is 12.2. The minimum absolute atomic E-state index is 0.00509. The third kappa shape index (κ3) is 2.63. The van der Waals surface area contributed by atoms with E-state index in [0.29, 0.717) is 6.54 Å². The van der Waals surface area contributed by atoms with E-state index in [0.717, 1.165) is 25.1 Å². The summed E-state index contributed by atoms with van der Waals surface area (Å²) in [6, 6.07) is 6.25. The fourth-order valence-corrected chi connectivity index (χ4v) is 3.32. The van der Waals surface area contributed by atoms with Gasteiger partial charge in [-0.2, -0.15) is 5.10 Å². The SMILES string of the molecule is O=C(NCc1ccn[nH]1)N1CCCC1c1cccs1. The summed E-state index contributed by atoms with van der Waals surface area (Å²) in [7, 11) is 0. The molecule has 1 aliphatic heterocycles. The number of likely N-dealkylation sites (tertiary alicyclic amines) is 1. The van der Waals surface area contributed by atoms with Crippen LogP contribution in [0.2, 0.25) is 0 Å². The van der Waals surface area contributed by atoms with Gasteiger partial charge in [-0.05, 0) is 30.4 Å². The Morgan fingerprint density at radius 2 is 2.53 bits per heavy atom. The molecule has 0 spiro atoms. The molecule has 3 rings (SSSR count). The van der Waals surface area contributed by atoms with E-state index in [2.05, 4.69) is 27.0 Å². The van der Waals surface area contributed by atoms with Crippen LogP contribution in [-0.2, 0) is 6.54 Å². The summed E-state index contributed by atoms with van der Waals surface area (Å²) < 4.78 is 0. The Morgan fingerprint density at radius 3 is 3.26 bits per heavy atom. The normalized spacial score (nSPS) is 18.7. The first-order valence-corrected chi connectivity index (χ1v) is 7.28. The van der Waals surface area contributed by atoms with Crippen LogP contribution in [0.25, 0.3) is 0 Å². The molecule has 19 heavy (non-hydrogen) atoms. The Balaban J connectivity index is 1.62. The van der Waals surface area contributed by atoms with Crippen LogP contribution in [0.4, 0.5) is 4.79 Å². The average molecular weight is 276 g/mol. The Hall–Kier alpha value is -1.82. The van der Waals surface area contributed by atoms with E-state index in [1.165, 1.54) is 4.88 Å². The fourth-order valence-electron chi connectivity index (χ4n) is 2.44. The first-order valence-electron chi connectivity index (χ1n) is 6.41. The molecular weight excluding hydrogens is 260 g/mol. The van der Waals surface area contributed by atoms with Gasteiger partial charge in [-0.25, -0.2) is 4.79 Å². The number of aromatic nitrogens is 2. The van der Waals surface area contributed by atoms with Gasteiger partial charge in [0.1, 0.15) is 0 Å². The summed E-state index contributed by atoms with van der Waals surface area (Å²) in [4.78, 5) is 15.4. The summed E-state index contributed by atoms with van der Waals surface area (Å²) in [5.41, 5.74) is 0.917. The minimum Gasteiger partial charge on any atom is -0.332 e. The number of hydrogen-bond acceptors (Lipinski definition) is 3. The van der Waals surface area contributed by atoms with E-state index >= 15 is 0 Å². The van der Waals surface area contributed by atoms with E-state index in [1.807, 2.05) is 17.0 Å². The minimum atomic E-state index is 0.00509. The maximum absolute atomic E-state index is 12.2. The van der Waals surface area contributed by atoms with Gasteiger partial charge >= 0.3 is 6.03 Å². The van der Waals surface area contributed by atoms with Gasteiger partial charge in [-0.3, -0.25) is 5.10 Å². The van der Waals surface area contributed by atoms with Gasteiger partial charge in [0.25, 0.3) is 0 Å². The zero-order valence-corrected chi connectivity index (χ0v) is 11.3. The molecule has 0 saturated carbocycles. The van der Waals surface area contributed by atoms with Crippen molar-refractivity contribution in [3.8, 4) is 0 Å². The highest BCUT2D eigenvalue weighted by molar-refractivity contribution is 7.10. The Bertz CT molecular complexity index is 523. The number of urea groups is 1. The number of nitrogens with one attached hydrogen (secondary N) is 2. The zero-order valence-electron chi connectivity index (χ0n) is 10.5. The van der Waals surface area contributed by atoms with Crippen LogP contribution in [0, 0.1) is 0 Å². The summed E-state index contributed by atoms with van der Waals surface area (Å²) in [5.74, 6) is 0. The van der Waals surface area contributed by atoms with Crippen molar-refractivity contribution < 1.29 is 4.79 Å². The van der Waals surface area contributed by atoms with E-state index < -0.39 is 0 Å². The van der Waals surface area contributed by atoms with Gasteiger partial charge in [0, 0.05) is 17.6 Å². The quantitative estimate of drug-likeness (QED) is 0.905. The predicted octanol–water partition coefficient (Wildman–Crippen LogP) is 2.52. The molecule has 1 unspecified atom stereocenters. The van der Waals surface area contributed by atoms with Gasteiger partial charge in [0.2, 0.25) is 0 Å². The summed E-state index contributed by atoms with van der Waals surface area (Å²) >= 11 is 1.72. The van der Waals surface area contributed by atoms with Gasteiger partial charge < -0.3 is 10.2 Å². The number of hydrogen-bond donors (Lipinski definition) is 2. The van der Waals surface area contributed by atoms with Gasteiger partial charge in [-0.15, -0.1) is 11.3 Å².